The zero-order chi connectivity index (χ0) is 17.4. The monoisotopic (exact) mass is 322 g/mol. The van der Waals surface area contributed by atoms with Gasteiger partial charge < -0.3 is 4.74 Å². The normalized spacial score (nSPS) is 23.6. The Balaban J connectivity index is 2.75. The van der Waals surface area contributed by atoms with Crippen LogP contribution in [0.15, 0.2) is 36.1 Å². The van der Waals surface area contributed by atoms with Gasteiger partial charge in [-0.3, -0.25) is 4.98 Å². The van der Waals surface area contributed by atoms with E-state index in [1.807, 2.05) is 19.9 Å². The molecule has 0 unspecified atom stereocenters. The molecule has 1 aliphatic carbocycles. The van der Waals surface area contributed by atoms with Crippen LogP contribution < -0.4 is 0 Å². The van der Waals surface area contributed by atoms with Crippen molar-refractivity contribution in [2.75, 3.05) is 7.11 Å². The molecule has 0 spiro atoms. The Kier molecular flexibility index (Phi) is 4.36. The molecule has 0 aliphatic heterocycles. The van der Waals surface area contributed by atoms with Gasteiger partial charge in [0, 0.05) is 12.7 Å². The Morgan fingerprint density at radius 2 is 2.09 bits per heavy atom. The Morgan fingerprint density at radius 3 is 2.61 bits per heavy atom. The van der Waals surface area contributed by atoms with Gasteiger partial charge >= 0.3 is 0 Å². The average molecular weight is 322 g/mol. The van der Waals surface area contributed by atoms with Crippen LogP contribution in [-0.2, 0) is 10.3 Å². The van der Waals surface area contributed by atoms with Crippen molar-refractivity contribution in [3.8, 4) is 6.07 Å². The van der Waals surface area contributed by atoms with Crippen LogP contribution in [0.4, 0.5) is 13.2 Å². The molecule has 1 aromatic rings. The maximum atomic E-state index is 13.4. The van der Waals surface area contributed by atoms with E-state index in [1.54, 1.807) is 0 Å². The number of allylic oxidation sites excluding steroid dienone is 2. The van der Waals surface area contributed by atoms with E-state index in [0.29, 0.717) is 5.57 Å². The van der Waals surface area contributed by atoms with Crippen molar-refractivity contribution in [2.24, 2.45) is 5.41 Å². The Bertz CT molecular complexity index is 719. The number of nitrogens with zero attached hydrogens (tertiary/aromatic N) is 2. The molecular weight excluding hydrogens is 305 g/mol. The highest BCUT2D eigenvalue weighted by Crippen LogP contribution is 2.50. The van der Waals surface area contributed by atoms with Crippen LogP contribution in [-0.4, -0.2) is 12.1 Å². The summed E-state index contributed by atoms with van der Waals surface area (Å²) in [6.07, 6.45) is -0.323. The van der Waals surface area contributed by atoms with Gasteiger partial charge in [-0.05, 0) is 29.6 Å². The first-order chi connectivity index (χ1) is 10.7. The van der Waals surface area contributed by atoms with Crippen LogP contribution in [0.3, 0.4) is 0 Å². The van der Waals surface area contributed by atoms with Crippen molar-refractivity contribution < 1.29 is 17.9 Å². The smallest absolute Gasteiger partial charge is 0.265 e. The fourth-order valence-electron chi connectivity index (χ4n) is 2.95. The Hall–Kier alpha value is -2.13. The van der Waals surface area contributed by atoms with Crippen LogP contribution >= 0.6 is 0 Å². The minimum atomic E-state index is -2.91. The summed E-state index contributed by atoms with van der Waals surface area (Å²) >= 11 is 0. The summed E-state index contributed by atoms with van der Waals surface area (Å²) in [4.78, 5) is 3.86. The van der Waals surface area contributed by atoms with Crippen molar-refractivity contribution in [1.82, 2.24) is 4.98 Å². The topological polar surface area (TPSA) is 45.9 Å². The van der Waals surface area contributed by atoms with E-state index in [9.17, 15) is 18.4 Å². The first-order valence-electron chi connectivity index (χ1n) is 6.99. The summed E-state index contributed by atoms with van der Waals surface area (Å²) < 4.78 is 45.6. The Morgan fingerprint density at radius 1 is 1.43 bits per heavy atom. The molecule has 1 aromatic heterocycles. The number of hydrogen-bond donors (Lipinski definition) is 0. The number of pyridine rings is 1. The molecule has 0 radical (unpaired) electrons. The second kappa shape index (κ2) is 5.82. The summed E-state index contributed by atoms with van der Waals surface area (Å²) in [5, 5.41) is 9.33. The minimum absolute atomic E-state index is 0.0790. The molecule has 0 fully saturated rings. The van der Waals surface area contributed by atoms with Crippen LogP contribution in [0.25, 0.3) is 0 Å². The molecule has 0 N–H and O–H groups in total. The van der Waals surface area contributed by atoms with E-state index >= 15 is 0 Å². The molecule has 122 valence electrons. The SMILES string of the molecule is C=C1C(C#N)=C[C@](OC)(c2ncc(F)cc2C(F)F)CC1(C)C. The maximum absolute atomic E-state index is 13.4. The van der Waals surface area contributed by atoms with E-state index in [0.717, 1.165) is 12.3 Å². The summed E-state index contributed by atoms with van der Waals surface area (Å²) in [5.41, 5.74) is -1.66. The number of alkyl halides is 2. The van der Waals surface area contributed by atoms with Crippen LogP contribution in [0.5, 0.6) is 0 Å². The van der Waals surface area contributed by atoms with E-state index < -0.39 is 28.8 Å². The molecule has 1 atom stereocenters. The van der Waals surface area contributed by atoms with Gasteiger partial charge in [0.15, 0.2) is 0 Å². The second-order valence-electron chi connectivity index (χ2n) is 6.19. The van der Waals surface area contributed by atoms with E-state index in [2.05, 4.69) is 11.6 Å². The van der Waals surface area contributed by atoms with E-state index in [-0.39, 0.29) is 17.7 Å². The predicted octanol–water partition coefficient (Wildman–Crippen LogP) is 4.44. The molecule has 1 aliphatic rings. The Labute approximate surface area is 133 Å². The number of aromatic nitrogens is 1. The minimum Gasteiger partial charge on any atom is -0.368 e. The first-order valence-corrected chi connectivity index (χ1v) is 6.99. The highest BCUT2D eigenvalue weighted by Gasteiger charge is 2.46. The predicted molar refractivity (Wildman–Crippen MR) is 79.1 cm³/mol. The van der Waals surface area contributed by atoms with Crippen molar-refractivity contribution in [2.45, 2.75) is 32.3 Å². The van der Waals surface area contributed by atoms with E-state index in [4.69, 9.17) is 4.74 Å². The van der Waals surface area contributed by atoms with Crippen molar-refractivity contribution >= 4 is 0 Å². The lowest BCUT2D eigenvalue weighted by molar-refractivity contribution is -0.0126. The summed E-state index contributed by atoms with van der Waals surface area (Å²) in [6.45, 7) is 7.60. The zero-order valence-electron chi connectivity index (χ0n) is 13.2. The first kappa shape index (κ1) is 17.2. The number of ether oxygens (including phenoxy) is 1. The lowest BCUT2D eigenvalue weighted by Crippen LogP contribution is -2.39. The quantitative estimate of drug-likeness (QED) is 0.826. The fourth-order valence-corrected chi connectivity index (χ4v) is 2.95. The lowest BCUT2D eigenvalue weighted by atomic mass is 9.66. The van der Waals surface area contributed by atoms with E-state index in [1.165, 1.54) is 13.2 Å². The molecule has 0 bridgehead atoms. The van der Waals surface area contributed by atoms with Gasteiger partial charge in [0.05, 0.1) is 23.5 Å². The summed E-state index contributed by atoms with van der Waals surface area (Å²) in [6, 6.07) is 2.77. The standard InChI is InChI=1S/C17H17F3N2O/c1-10-11(7-21)6-17(23-4,9-16(10,2)3)14-13(15(19)20)5-12(18)8-22-14/h5-6,8,15H,1,9H2,2-4H3/t17-/m1/s1. The van der Waals surface area contributed by atoms with Gasteiger partial charge in [-0.25, -0.2) is 13.2 Å². The molecular formula is C17H17F3N2O. The average Bonchev–Trinajstić information content (AvgIpc) is 2.49. The third kappa shape index (κ3) is 2.89. The summed E-state index contributed by atoms with van der Waals surface area (Å²) in [7, 11) is 1.36. The third-order valence-electron chi connectivity index (χ3n) is 4.23. The number of rotatable bonds is 3. The van der Waals surface area contributed by atoms with Gasteiger partial charge in [0.2, 0.25) is 0 Å². The van der Waals surface area contributed by atoms with Crippen molar-refractivity contribution in [1.29, 1.82) is 5.26 Å². The molecule has 6 heteroatoms. The molecule has 23 heavy (non-hydrogen) atoms. The second-order valence-corrected chi connectivity index (χ2v) is 6.19. The molecule has 0 saturated heterocycles. The van der Waals surface area contributed by atoms with Gasteiger partial charge in [0.25, 0.3) is 6.43 Å². The van der Waals surface area contributed by atoms with Crippen molar-refractivity contribution in [3.63, 3.8) is 0 Å². The van der Waals surface area contributed by atoms with Gasteiger partial charge in [-0.15, -0.1) is 0 Å². The zero-order valence-corrected chi connectivity index (χ0v) is 13.2. The highest BCUT2D eigenvalue weighted by atomic mass is 19.3. The van der Waals surface area contributed by atoms with Crippen LogP contribution in [0.2, 0.25) is 0 Å². The van der Waals surface area contributed by atoms with Gasteiger partial charge in [-0.1, -0.05) is 20.4 Å². The molecule has 3 nitrogen and oxygen atoms in total. The van der Waals surface area contributed by atoms with Crippen LogP contribution in [0.1, 0.15) is 38.0 Å². The molecule has 2 rings (SSSR count). The summed E-state index contributed by atoms with van der Waals surface area (Å²) in [5.74, 6) is -0.848. The number of methoxy groups -OCH3 is 1. The lowest BCUT2D eigenvalue weighted by Gasteiger charge is -2.42. The maximum Gasteiger partial charge on any atom is 0.265 e. The van der Waals surface area contributed by atoms with Gasteiger partial charge in [0.1, 0.15) is 11.4 Å². The largest absolute Gasteiger partial charge is 0.368 e. The number of nitriles is 1. The molecule has 1 heterocycles. The molecule has 0 amide bonds. The highest BCUT2D eigenvalue weighted by molar-refractivity contribution is 5.50. The molecule has 0 saturated carbocycles. The van der Waals surface area contributed by atoms with Crippen LogP contribution in [0, 0.1) is 22.6 Å². The number of halogens is 3. The number of hydrogen-bond acceptors (Lipinski definition) is 3. The molecule has 0 aromatic carbocycles. The van der Waals surface area contributed by atoms with Crippen molar-refractivity contribution in [3.05, 3.63) is 53.1 Å². The fraction of sp³-hybridized carbons (Fsp3) is 0.412. The van der Waals surface area contributed by atoms with Gasteiger partial charge in [-0.2, -0.15) is 5.26 Å². The third-order valence-corrected chi connectivity index (χ3v) is 4.23.